The Morgan fingerprint density at radius 2 is 1.86 bits per heavy atom. The van der Waals surface area contributed by atoms with Crippen molar-refractivity contribution in [1.82, 2.24) is 0 Å². The van der Waals surface area contributed by atoms with E-state index in [0.717, 1.165) is 12.1 Å². The van der Waals surface area contributed by atoms with E-state index in [4.69, 9.17) is 5.73 Å². The van der Waals surface area contributed by atoms with E-state index in [1.165, 1.54) is 6.07 Å². The minimum atomic E-state index is -4.62. The molecule has 0 aliphatic carbocycles. The van der Waals surface area contributed by atoms with E-state index in [1.807, 2.05) is 0 Å². The van der Waals surface area contributed by atoms with Gasteiger partial charge in [0.15, 0.2) is 0 Å². The van der Waals surface area contributed by atoms with Crippen molar-refractivity contribution in [2.75, 3.05) is 0 Å². The number of alkyl halides is 3. The lowest BCUT2D eigenvalue weighted by atomic mass is 10.1. The van der Waals surface area contributed by atoms with E-state index in [2.05, 4.69) is 0 Å². The lowest BCUT2D eigenvalue weighted by Gasteiger charge is -2.16. The van der Waals surface area contributed by atoms with Gasteiger partial charge in [-0.25, -0.2) is 4.39 Å². The predicted octanol–water partition coefficient (Wildman–Crippen LogP) is 2.99. The first kappa shape index (κ1) is 11.7. The summed E-state index contributed by atoms with van der Waals surface area (Å²) in [5.41, 5.74) is 4.35. The molecule has 78 valence electrons. The van der Waals surface area contributed by atoms with Crippen LogP contribution in [0.2, 0.25) is 0 Å². The summed E-state index contributed by atoms with van der Waals surface area (Å²) in [4.78, 5) is 0. The second-order valence-corrected chi connectivity index (χ2v) is 3.93. The maximum absolute atomic E-state index is 13.0. The Morgan fingerprint density at radius 3 is 2.36 bits per heavy atom. The fraction of sp³-hybridized carbons (Fsp3) is 0.250. The summed E-state index contributed by atoms with van der Waals surface area (Å²) < 4.78 is 49.9. The molecule has 0 fully saturated rings. The van der Waals surface area contributed by atoms with Gasteiger partial charge >= 0.3 is 6.18 Å². The summed E-state index contributed by atoms with van der Waals surface area (Å²) in [6.07, 6.45) is -4.62. The van der Waals surface area contributed by atoms with Gasteiger partial charge in [0.2, 0.25) is 0 Å². The third kappa shape index (κ3) is 2.57. The first-order valence-electron chi connectivity index (χ1n) is 3.59. The highest BCUT2D eigenvalue weighted by Crippen LogP contribution is 2.32. The van der Waals surface area contributed by atoms with Crippen LogP contribution in [-0.2, 0) is 0 Å². The van der Waals surface area contributed by atoms with Crippen molar-refractivity contribution in [1.29, 1.82) is 0 Å². The molecule has 0 aliphatic rings. The summed E-state index contributed by atoms with van der Waals surface area (Å²) in [7, 11) is 0. The molecule has 1 rings (SSSR count). The fourth-order valence-corrected chi connectivity index (χ4v) is 1.44. The first-order chi connectivity index (χ1) is 6.32. The number of hydrogen-bond acceptors (Lipinski definition) is 1. The zero-order chi connectivity index (χ0) is 10.9. The average Bonchev–Trinajstić information content (AvgIpc) is 2.06. The zero-order valence-electron chi connectivity index (χ0n) is 6.78. The largest absolute Gasteiger partial charge is 0.407 e. The van der Waals surface area contributed by atoms with Crippen molar-refractivity contribution < 1.29 is 17.6 Å². The van der Waals surface area contributed by atoms with Gasteiger partial charge < -0.3 is 5.73 Å². The smallest absolute Gasteiger partial charge is 0.316 e. The summed E-state index contributed by atoms with van der Waals surface area (Å²) in [6, 6.07) is 1.18. The number of hydrogen-bond donors (Lipinski definition) is 1. The van der Waals surface area contributed by atoms with Gasteiger partial charge in [-0.05, 0) is 40.8 Å². The molecule has 2 N–H and O–H groups in total. The summed E-state index contributed by atoms with van der Waals surface area (Å²) >= 11 is 1.79. The topological polar surface area (TPSA) is 26.0 Å². The molecular formula is C8H6F4IN. The van der Waals surface area contributed by atoms with Gasteiger partial charge in [-0.1, -0.05) is 0 Å². The van der Waals surface area contributed by atoms with E-state index in [0.29, 0.717) is 3.57 Å². The third-order valence-electron chi connectivity index (χ3n) is 1.65. The van der Waals surface area contributed by atoms with Crippen LogP contribution >= 0.6 is 22.6 Å². The molecule has 0 saturated heterocycles. The van der Waals surface area contributed by atoms with E-state index >= 15 is 0 Å². The van der Waals surface area contributed by atoms with E-state index in [-0.39, 0.29) is 0 Å². The SMILES string of the molecule is NC(c1cc(I)ccc1F)C(F)(F)F. The van der Waals surface area contributed by atoms with Crippen LogP contribution in [0.4, 0.5) is 17.6 Å². The first-order valence-corrected chi connectivity index (χ1v) is 4.67. The zero-order valence-corrected chi connectivity index (χ0v) is 8.93. The van der Waals surface area contributed by atoms with Crippen LogP contribution in [0.15, 0.2) is 18.2 Å². The Hall–Kier alpha value is -0.370. The maximum atomic E-state index is 13.0. The second kappa shape index (κ2) is 4.01. The van der Waals surface area contributed by atoms with Crippen LogP contribution in [0.3, 0.4) is 0 Å². The molecule has 0 aromatic heterocycles. The van der Waals surface area contributed by atoms with E-state index in [1.54, 1.807) is 22.6 Å². The summed E-state index contributed by atoms with van der Waals surface area (Å²) in [5, 5.41) is 0. The highest BCUT2D eigenvalue weighted by molar-refractivity contribution is 14.1. The van der Waals surface area contributed by atoms with Gasteiger partial charge in [0.05, 0.1) is 0 Å². The Bertz CT molecular complexity index is 337. The molecule has 0 bridgehead atoms. The van der Waals surface area contributed by atoms with Crippen LogP contribution in [0, 0.1) is 9.39 Å². The lowest BCUT2D eigenvalue weighted by molar-refractivity contribution is -0.149. The van der Waals surface area contributed by atoms with Crippen LogP contribution in [0.25, 0.3) is 0 Å². The van der Waals surface area contributed by atoms with Crippen LogP contribution in [0.5, 0.6) is 0 Å². The molecule has 0 radical (unpaired) electrons. The highest BCUT2D eigenvalue weighted by atomic mass is 127. The molecule has 14 heavy (non-hydrogen) atoms. The molecule has 1 atom stereocenters. The number of halogens is 5. The van der Waals surface area contributed by atoms with Gasteiger partial charge in [0.1, 0.15) is 11.9 Å². The molecule has 1 nitrogen and oxygen atoms in total. The fourth-order valence-electron chi connectivity index (χ4n) is 0.929. The lowest BCUT2D eigenvalue weighted by Crippen LogP contribution is -2.29. The van der Waals surface area contributed by atoms with E-state index < -0.39 is 23.6 Å². The van der Waals surface area contributed by atoms with Gasteiger partial charge in [0.25, 0.3) is 0 Å². The molecule has 1 aromatic carbocycles. The highest BCUT2D eigenvalue weighted by Gasteiger charge is 2.39. The molecule has 1 unspecified atom stereocenters. The van der Waals surface area contributed by atoms with Gasteiger partial charge in [-0.15, -0.1) is 0 Å². The second-order valence-electron chi connectivity index (χ2n) is 2.69. The maximum Gasteiger partial charge on any atom is 0.407 e. The van der Waals surface area contributed by atoms with Crippen molar-refractivity contribution >= 4 is 22.6 Å². The van der Waals surface area contributed by atoms with Crippen molar-refractivity contribution in [3.8, 4) is 0 Å². The monoisotopic (exact) mass is 319 g/mol. The quantitative estimate of drug-likeness (QED) is 0.625. The van der Waals surface area contributed by atoms with Gasteiger partial charge in [-0.2, -0.15) is 13.2 Å². The molecule has 0 saturated carbocycles. The van der Waals surface area contributed by atoms with Gasteiger partial charge in [-0.3, -0.25) is 0 Å². The number of benzene rings is 1. The summed E-state index contributed by atoms with van der Waals surface area (Å²) in [6.45, 7) is 0. The Kier molecular flexibility index (Phi) is 3.36. The summed E-state index contributed by atoms with van der Waals surface area (Å²) in [5.74, 6) is -0.935. The Morgan fingerprint density at radius 1 is 1.29 bits per heavy atom. The predicted molar refractivity (Wildman–Crippen MR) is 52.1 cm³/mol. The van der Waals surface area contributed by atoms with Crippen LogP contribution in [0.1, 0.15) is 11.6 Å². The molecule has 0 aliphatic heterocycles. The van der Waals surface area contributed by atoms with Crippen molar-refractivity contribution in [2.45, 2.75) is 12.2 Å². The van der Waals surface area contributed by atoms with Crippen molar-refractivity contribution in [3.05, 3.63) is 33.1 Å². The average molecular weight is 319 g/mol. The van der Waals surface area contributed by atoms with E-state index in [9.17, 15) is 17.6 Å². The molecule has 6 heteroatoms. The van der Waals surface area contributed by atoms with Crippen LogP contribution in [-0.4, -0.2) is 6.18 Å². The third-order valence-corrected chi connectivity index (χ3v) is 2.32. The van der Waals surface area contributed by atoms with Crippen molar-refractivity contribution in [2.24, 2.45) is 5.73 Å². The molecule has 0 amide bonds. The molecule has 0 heterocycles. The Labute approximate surface area is 91.4 Å². The standard InChI is InChI=1S/C8H6F4IN/c9-6-2-1-4(13)3-5(6)7(14)8(10,11)12/h1-3,7H,14H2. The number of nitrogens with two attached hydrogens (primary N) is 1. The minimum Gasteiger partial charge on any atom is -0.316 e. The molecular weight excluding hydrogens is 313 g/mol. The van der Waals surface area contributed by atoms with Crippen molar-refractivity contribution in [3.63, 3.8) is 0 Å². The molecule has 0 spiro atoms. The number of rotatable bonds is 1. The Balaban J connectivity index is 3.12. The molecule has 1 aromatic rings. The van der Waals surface area contributed by atoms with Crippen LogP contribution < -0.4 is 5.73 Å². The normalized spacial score (nSPS) is 14.1. The van der Waals surface area contributed by atoms with Gasteiger partial charge in [0, 0.05) is 9.13 Å². The minimum absolute atomic E-state index is 0.513.